The molecule has 0 aliphatic carbocycles. The van der Waals surface area contributed by atoms with Crippen LogP contribution in [0.15, 0.2) is 26.3 Å². The maximum Gasteiger partial charge on any atom is 0.312 e. The largest absolute Gasteiger partial charge is 0.462 e. The van der Waals surface area contributed by atoms with Crippen LogP contribution in [-0.2, 0) is 19.1 Å². The third-order valence-electron chi connectivity index (χ3n) is 6.14. The Bertz CT molecular complexity index is 383. The summed E-state index contributed by atoms with van der Waals surface area (Å²) < 4.78 is 11.0. The Morgan fingerprint density at radius 2 is 0.867 bits per heavy atom. The summed E-state index contributed by atoms with van der Waals surface area (Å²) in [6, 6.07) is 0. The van der Waals surface area contributed by atoms with Crippen LogP contribution in [0.1, 0.15) is 106 Å². The van der Waals surface area contributed by atoms with Gasteiger partial charge < -0.3 is 9.47 Å². The molecule has 178 valence electrons. The predicted octanol–water partition coefficient (Wildman–Crippen LogP) is 7.67. The fourth-order valence-electron chi connectivity index (χ4n) is 3.59. The van der Waals surface area contributed by atoms with E-state index in [1.54, 1.807) is 0 Å². The predicted molar refractivity (Wildman–Crippen MR) is 130 cm³/mol. The molecule has 30 heavy (non-hydrogen) atoms. The monoisotopic (exact) mass is 426 g/mol. The molecule has 0 N–H and O–H groups in total. The van der Waals surface area contributed by atoms with Crippen molar-refractivity contribution < 1.29 is 19.1 Å². The lowest BCUT2D eigenvalue weighted by Gasteiger charge is -2.30. The van der Waals surface area contributed by atoms with E-state index in [2.05, 4.69) is 40.2 Å². The van der Waals surface area contributed by atoms with Crippen LogP contribution in [0.25, 0.3) is 0 Å². The van der Waals surface area contributed by atoms with Crippen molar-refractivity contribution in [2.24, 2.45) is 10.8 Å². The first-order chi connectivity index (χ1) is 14.4. The summed E-state index contributed by atoms with van der Waals surface area (Å²) in [5, 5.41) is 0. The van der Waals surface area contributed by atoms with Crippen LogP contribution >= 0.6 is 0 Å². The summed E-state index contributed by atoms with van der Waals surface area (Å²) in [6.45, 7) is 24.7. The number of rotatable bonds is 15. The summed E-state index contributed by atoms with van der Waals surface area (Å²) in [6.07, 6.45) is 9.06. The average molecular weight is 427 g/mol. The van der Waals surface area contributed by atoms with E-state index >= 15 is 0 Å². The zero-order valence-corrected chi connectivity index (χ0v) is 20.9. The lowest BCUT2D eigenvalue weighted by molar-refractivity contribution is -0.166. The van der Waals surface area contributed by atoms with E-state index in [1.165, 1.54) is 0 Å². The number of carbonyl (C=O) groups excluding carboxylic acids is 2. The summed E-state index contributed by atoms with van der Waals surface area (Å²) in [7, 11) is 0. The van der Waals surface area contributed by atoms with Crippen molar-refractivity contribution in [1.29, 1.82) is 0 Å². The Hall–Kier alpha value is -1.58. The van der Waals surface area contributed by atoms with Gasteiger partial charge in [0.2, 0.25) is 0 Å². The maximum absolute atomic E-state index is 12.6. The van der Waals surface area contributed by atoms with Crippen LogP contribution in [-0.4, -0.2) is 25.2 Å². The Kier molecular flexibility index (Phi) is 22.8. The smallest absolute Gasteiger partial charge is 0.312 e. The van der Waals surface area contributed by atoms with Crippen LogP contribution in [0.5, 0.6) is 0 Å². The van der Waals surface area contributed by atoms with E-state index in [0.29, 0.717) is 0 Å². The van der Waals surface area contributed by atoms with E-state index in [-0.39, 0.29) is 25.2 Å². The SMILES string of the molecule is C=C.C=C.CCCCC(CC)(CC)C(=O)OCCOC(=O)C(CC)(CC)CCCC. The second-order valence-electron chi connectivity index (χ2n) is 7.45. The molecule has 0 aromatic rings. The number of ether oxygens (including phenoxy) is 2. The van der Waals surface area contributed by atoms with Crippen molar-refractivity contribution in [1.82, 2.24) is 0 Å². The highest BCUT2D eigenvalue weighted by Crippen LogP contribution is 2.35. The van der Waals surface area contributed by atoms with E-state index in [0.717, 1.165) is 64.2 Å². The zero-order chi connectivity index (χ0) is 24.1. The fourth-order valence-corrected chi connectivity index (χ4v) is 3.59. The minimum absolute atomic E-state index is 0.143. The Morgan fingerprint density at radius 3 is 1.07 bits per heavy atom. The highest BCUT2D eigenvalue weighted by atomic mass is 16.6. The van der Waals surface area contributed by atoms with Gasteiger partial charge in [-0.15, -0.1) is 26.3 Å². The number of esters is 2. The number of carbonyl (C=O) groups is 2. The second-order valence-corrected chi connectivity index (χ2v) is 7.45. The number of hydrogen-bond donors (Lipinski definition) is 0. The molecule has 0 fully saturated rings. The molecular weight excluding hydrogens is 376 g/mol. The van der Waals surface area contributed by atoms with E-state index in [4.69, 9.17) is 9.47 Å². The van der Waals surface area contributed by atoms with Crippen molar-refractivity contribution in [3.05, 3.63) is 26.3 Å². The number of unbranched alkanes of at least 4 members (excludes halogenated alkanes) is 2. The molecule has 4 nitrogen and oxygen atoms in total. The third-order valence-corrected chi connectivity index (χ3v) is 6.14. The van der Waals surface area contributed by atoms with Crippen molar-refractivity contribution in [2.45, 2.75) is 106 Å². The minimum atomic E-state index is -0.391. The van der Waals surface area contributed by atoms with E-state index < -0.39 is 10.8 Å². The normalized spacial score (nSPS) is 10.7. The molecule has 0 bridgehead atoms. The summed E-state index contributed by atoms with van der Waals surface area (Å²) in [5.41, 5.74) is -0.782. The van der Waals surface area contributed by atoms with E-state index in [1.807, 2.05) is 27.7 Å². The van der Waals surface area contributed by atoms with Crippen molar-refractivity contribution in [3.63, 3.8) is 0 Å². The highest BCUT2D eigenvalue weighted by Gasteiger charge is 2.37. The third kappa shape index (κ3) is 11.0. The van der Waals surface area contributed by atoms with Crippen LogP contribution in [0.3, 0.4) is 0 Å². The molecule has 0 amide bonds. The molecule has 0 radical (unpaired) electrons. The first-order valence-corrected chi connectivity index (χ1v) is 11.8. The quantitative estimate of drug-likeness (QED) is 0.153. The molecule has 0 rings (SSSR count). The van der Waals surface area contributed by atoms with Gasteiger partial charge in [-0.1, -0.05) is 67.2 Å². The topological polar surface area (TPSA) is 52.6 Å². The van der Waals surface area contributed by atoms with Gasteiger partial charge in [0.1, 0.15) is 13.2 Å². The molecule has 0 aliphatic heterocycles. The van der Waals surface area contributed by atoms with Crippen molar-refractivity contribution in [3.8, 4) is 0 Å². The first kappa shape index (κ1) is 33.1. The molecule has 0 aliphatic rings. The molecule has 0 atom stereocenters. The van der Waals surface area contributed by atoms with Crippen molar-refractivity contribution in [2.75, 3.05) is 13.2 Å². The van der Waals surface area contributed by atoms with Gasteiger partial charge in [0.05, 0.1) is 10.8 Å². The summed E-state index contributed by atoms with van der Waals surface area (Å²) in [5.74, 6) is -0.287. The molecule has 0 spiro atoms. The Labute approximate surface area is 187 Å². The lowest BCUT2D eigenvalue weighted by Crippen LogP contribution is -2.34. The second kappa shape index (κ2) is 20.7. The van der Waals surface area contributed by atoms with Crippen LogP contribution in [0.4, 0.5) is 0 Å². The van der Waals surface area contributed by atoms with Gasteiger partial charge in [0, 0.05) is 0 Å². The molecule has 0 heterocycles. The highest BCUT2D eigenvalue weighted by molar-refractivity contribution is 5.77. The molecular formula is C26H50O4. The van der Waals surface area contributed by atoms with Gasteiger partial charge in [-0.2, -0.15) is 0 Å². The first-order valence-electron chi connectivity index (χ1n) is 11.8. The minimum Gasteiger partial charge on any atom is -0.462 e. The van der Waals surface area contributed by atoms with E-state index in [9.17, 15) is 9.59 Å². The Morgan fingerprint density at radius 1 is 0.600 bits per heavy atom. The van der Waals surface area contributed by atoms with Gasteiger partial charge in [0.25, 0.3) is 0 Å². The summed E-state index contributed by atoms with van der Waals surface area (Å²) in [4.78, 5) is 25.1. The van der Waals surface area contributed by atoms with Gasteiger partial charge in [-0.05, 0) is 38.5 Å². The van der Waals surface area contributed by atoms with Crippen LogP contribution < -0.4 is 0 Å². The fraction of sp³-hybridized carbons (Fsp3) is 0.769. The molecule has 0 aromatic heterocycles. The average Bonchev–Trinajstić information content (AvgIpc) is 2.81. The standard InChI is InChI=1S/C22H42O4.2C2H4/c1-7-13-15-21(9-3,10-4)19(23)25-17-18-26-20(24)22(11-5,12-6)16-14-8-2;2*1-2/h7-18H2,1-6H3;2*1-2H2. The zero-order valence-electron chi connectivity index (χ0n) is 20.9. The van der Waals surface area contributed by atoms with Crippen LogP contribution in [0.2, 0.25) is 0 Å². The van der Waals surface area contributed by atoms with Gasteiger partial charge in [-0.3, -0.25) is 9.59 Å². The lowest BCUT2D eigenvalue weighted by atomic mass is 9.78. The van der Waals surface area contributed by atoms with Crippen LogP contribution in [0, 0.1) is 10.8 Å². The van der Waals surface area contributed by atoms with Gasteiger partial charge >= 0.3 is 11.9 Å². The Balaban J connectivity index is -0.00000171. The molecule has 0 saturated heterocycles. The maximum atomic E-state index is 12.6. The molecule has 0 unspecified atom stereocenters. The molecule has 0 saturated carbocycles. The summed E-state index contributed by atoms with van der Waals surface area (Å²) >= 11 is 0. The van der Waals surface area contributed by atoms with Gasteiger partial charge in [0.15, 0.2) is 0 Å². The number of hydrogen-bond acceptors (Lipinski definition) is 4. The van der Waals surface area contributed by atoms with Gasteiger partial charge in [-0.25, -0.2) is 0 Å². The van der Waals surface area contributed by atoms with Crippen molar-refractivity contribution >= 4 is 11.9 Å². The molecule has 0 aromatic carbocycles. The molecule has 4 heteroatoms.